The van der Waals surface area contributed by atoms with E-state index in [9.17, 15) is 8.78 Å². The number of halogens is 2. The third-order valence-electron chi connectivity index (χ3n) is 5.34. The summed E-state index contributed by atoms with van der Waals surface area (Å²) >= 11 is 0. The first-order valence-corrected chi connectivity index (χ1v) is 9.12. The van der Waals surface area contributed by atoms with Gasteiger partial charge in [0.2, 0.25) is 0 Å². The minimum absolute atomic E-state index is 0.387. The van der Waals surface area contributed by atoms with Gasteiger partial charge in [-0.2, -0.15) is 10.2 Å². The number of fused-ring (bicyclic) bond motifs is 1. The molecule has 0 bridgehead atoms. The third-order valence-corrected chi connectivity index (χ3v) is 5.34. The van der Waals surface area contributed by atoms with Gasteiger partial charge in [0.25, 0.3) is 6.43 Å². The van der Waals surface area contributed by atoms with E-state index in [0.717, 1.165) is 54.3 Å². The van der Waals surface area contributed by atoms with Crippen LogP contribution in [0.4, 0.5) is 8.78 Å². The Morgan fingerprint density at radius 1 is 1.12 bits per heavy atom. The van der Waals surface area contributed by atoms with Crippen molar-refractivity contribution < 1.29 is 8.78 Å². The van der Waals surface area contributed by atoms with E-state index in [0.29, 0.717) is 12.0 Å². The van der Waals surface area contributed by atoms with Crippen LogP contribution in [0.15, 0.2) is 36.8 Å². The monoisotopic (exact) mass is 359 g/mol. The minimum atomic E-state index is -2.41. The minimum Gasteiger partial charge on any atom is -0.330 e. The lowest BCUT2D eigenvalue weighted by Gasteiger charge is -2.27. The molecule has 1 aliphatic rings. The van der Waals surface area contributed by atoms with Gasteiger partial charge >= 0.3 is 0 Å². The molecule has 0 radical (unpaired) electrons. The second-order valence-electron chi connectivity index (χ2n) is 7.14. The Bertz CT molecular complexity index is 877. The standard InChI is InChI=1S/C19H23F2N5/c20-19(21)12-25-10-16(9-23-25)14-3-4-15-11-26(24-18(15)7-14)17-5-1-13(8-22)2-6-17/h3-4,7,9-11,13,17,19H,1-2,5-6,8,12,22H2. The van der Waals surface area contributed by atoms with Crippen molar-refractivity contribution in [3.63, 3.8) is 0 Å². The maximum atomic E-state index is 12.5. The van der Waals surface area contributed by atoms with Gasteiger partial charge in [-0.15, -0.1) is 0 Å². The lowest BCUT2D eigenvalue weighted by atomic mass is 9.86. The van der Waals surface area contributed by atoms with Crippen LogP contribution in [0.1, 0.15) is 31.7 Å². The van der Waals surface area contributed by atoms with Crippen LogP contribution in [0.5, 0.6) is 0 Å². The van der Waals surface area contributed by atoms with Gasteiger partial charge in [0.1, 0.15) is 6.54 Å². The molecular formula is C19H23F2N5. The summed E-state index contributed by atoms with van der Waals surface area (Å²) in [5.74, 6) is 0.646. The van der Waals surface area contributed by atoms with Crippen LogP contribution in [-0.2, 0) is 6.54 Å². The van der Waals surface area contributed by atoms with E-state index >= 15 is 0 Å². The molecule has 3 aromatic rings. The van der Waals surface area contributed by atoms with E-state index in [1.54, 1.807) is 12.4 Å². The number of hydrogen-bond acceptors (Lipinski definition) is 3. The zero-order chi connectivity index (χ0) is 18.1. The van der Waals surface area contributed by atoms with E-state index < -0.39 is 6.43 Å². The van der Waals surface area contributed by atoms with Crippen molar-refractivity contribution in [1.82, 2.24) is 19.6 Å². The fourth-order valence-corrected chi connectivity index (χ4v) is 3.80. The van der Waals surface area contributed by atoms with Gasteiger partial charge in [0, 0.05) is 23.3 Å². The molecule has 0 unspecified atom stereocenters. The Morgan fingerprint density at radius 2 is 1.92 bits per heavy atom. The summed E-state index contributed by atoms with van der Waals surface area (Å²) in [6, 6.07) is 6.46. The quantitative estimate of drug-likeness (QED) is 0.752. The van der Waals surface area contributed by atoms with Crippen molar-refractivity contribution in [2.24, 2.45) is 11.7 Å². The van der Waals surface area contributed by atoms with Crippen molar-refractivity contribution in [3.05, 3.63) is 36.8 Å². The molecule has 2 heterocycles. The van der Waals surface area contributed by atoms with Gasteiger partial charge in [-0.25, -0.2) is 8.78 Å². The average Bonchev–Trinajstić information content (AvgIpc) is 3.27. The van der Waals surface area contributed by atoms with Crippen LogP contribution in [0.25, 0.3) is 22.0 Å². The number of alkyl halides is 2. The molecule has 1 saturated carbocycles. The molecule has 4 rings (SSSR count). The zero-order valence-corrected chi connectivity index (χ0v) is 14.6. The number of benzene rings is 1. The number of rotatable bonds is 5. The number of nitrogens with zero attached hydrogens (tertiary/aromatic N) is 4. The molecule has 0 saturated heterocycles. The number of aromatic nitrogens is 4. The molecule has 5 nitrogen and oxygen atoms in total. The summed E-state index contributed by atoms with van der Waals surface area (Å²) in [5.41, 5.74) is 8.46. The van der Waals surface area contributed by atoms with E-state index in [4.69, 9.17) is 10.8 Å². The lowest BCUT2D eigenvalue weighted by molar-refractivity contribution is 0.122. The molecule has 0 atom stereocenters. The predicted octanol–water partition coefficient (Wildman–Crippen LogP) is 3.85. The van der Waals surface area contributed by atoms with Gasteiger partial charge in [-0.1, -0.05) is 12.1 Å². The second kappa shape index (κ2) is 7.15. The predicted molar refractivity (Wildman–Crippen MR) is 97.0 cm³/mol. The van der Waals surface area contributed by atoms with Crippen molar-refractivity contribution in [2.75, 3.05) is 6.54 Å². The summed E-state index contributed by atoms with van der Waals surface area (Å²) in [5, 5.41) is 9.87. The van der Waals surface area contributed by atoms with E-state index in [-0.39, 0.29) is 6.54 Å². The summed E-state index contributed by atoms with van der Waals surface area (Å²) in [6.07, 6.45) is 7.51. The molecule has 1 aromatic carbocycles. The number of nitrogens with two attached hydrogens (primary N) is 1. The smallest absolute Gasteiger partial charge is 0.257 e. The topological polar surface area (TPSA) is 61.7 Å². The number of hydrogen-bond donors (Lipinski definition) is 1. The zero-order valence-electron chi connectivity index (χ0n) is 14.6. The van der Waals surface area contributed by atoms with Crippen LogP contribution in [0, 0.1) is 5.92 Å². The highest BCUT2D eigenvalue weighted by atomic mass is 19.3. The average molecular weight is 359 g/mol. The molecule has 2 aromatic heterocycles. The Kier molecular flexibility index (Phi) is 4.72. The lowest BCUT2D eigenvalue weighted by Crippen LogP contribution is -2.23. The fourth-order valence-electron chi connectivity index (χ4n) is 3.80. The van der Waals surface area contributed by atoms with Gasteiger partial charge in [-0.05, 0) is 49.8 Å². The first-order chi connectivity index (χ1) is 12.6. The molecule has 7 heteroatoms. The van der Waals surface area contributed by atoms with Crippen molar-refractivity contribution in [2.45, 2.75) is 44.7 Å². The van der Waals surface area contributed by atoms with Gasteiger partial charge in [0.15, 0.2) is 0 Å². The van der Waals surface area contributed by atoms with Crippen LogP contribution in [0.2, 0.25) is 0 Å². The molecule has 0 amide bonds. The maximum Gasteiger partial charge on any atom is 0.257 e. The van der Waals surface area contributed by atoms with Gasteiger partial charge in [-0.3, -0.25) is 9.36 Å². The molecule has 1 fully saturated rings. The Morgan fingerprint density at radius 3 is 2.65 bits per heavy atom. The SMILES string of the molecule is NCC1CCC(n2cc3ccc(-c4cnn(CC(F)F)c4)cc3n2)CC1. The van der Waals surface area contributed by atoms with Crippen LogP contribution in [-0.4, -0.2) is 32.5 Å². The fraction of sp³-hybridized carbons (Fsp3) is 0.474. The highest BCUT2D eigenvalue weighted by molar-refractivity contribution is 5.83. The normalized spacial score (nSPS) is 20.9. The first kappa shape index (κ1) is 17.1. The molecule has 26 heavy (non-hydrogen) atoms. The second-order valence-corrected chi connectivity index (χ2v) is 7.14. The summed E-state index contributed by atoms with van der Waals surface area (Å²) in [4.78, 5) is 0. The molecule has 0 aliphatic heterocycles. The maximum absolute atomic E-state index is 12.5. The highest BCUT2D eigenvalue weighted by Crippen LogP contribution is 2.32. The summed E-state index contributed by atoms with van der Waals surface area (Å²) < 4.78 is 28.3. The summed E-state index contributed by atoms with van der Waals surface area (Å²) in [7, 11) is 0. The first-order valence-electron chi connectivity index (χ1n) is 9.12. The highest BCUT2D eigenvalue weighted by Gasteiger charge is 2.22. The Hall–Kier alpha value is -2.28. The summed E-state index contributed by atoms with van der Waals surface area (Å²) in [6.45, 7) is 0.388. The Labute approximate surface area is 150 Å². The van der Waals surface area contributed by atoms with E-state index in [1.165, 1.54) is 4.68 Å². The molecular weight excluding hydrogens is 336 g/mol. The van der Waals surface area contributed by atoms with Crippen molar-refractivity contribution >= 4 is 10.9 Å². The molecule has 1 aliphatic carbocycles. The van der Waals surface area contributed by atoms with Crippen LogP contribution in [0.3, 0.4) is 0 Å². The van der Waals surface area contributed by atoms with Crippen molar-refractivity contribution in [3.8, 4) is 11.1 Å². The third kappa shape index (κ3) is 3.49. The van der Waals surface area contributed by atoms with Gasteiger partial charge < -0.3 is 5.73 Å². The van der Waals surface area contributed by atoms with Crippen LogP contribution >= 0.6 is 0 Å². The van der Waals surface area contributed by atoms with Crippen molar-refractivity contribution in [1.29, 1.82) is 0 Å². The Balaban J connectivity index is 1.55. The van der Waals surface area contributed by atoms with E-state index in [1.807, 2.05) is 18.2 Å². The largest absolute Gasteiger partial charge is 0.330 e. The van der Waals surface area contributed by atoms with E-state index in [2.05, 4.69) is 16.0 Å². The molecule has 2 N–H and O–H groups in total. The van der Waals surface area contributed by atoms with Crippen LogP contribution < -0.4 is 5.73 Å². The van der Waals surface area contributed by atoms with Gasteiger partial charge in [0.05, 0.1) is 17.8 Å². The molecule has 0 spiro atoms. The molecule has 138 valence electrons.